The second kappa shape index (κ2) is 15.0. The number of nitriles is 1. The maximum absolute atomic E-state index is 13.7. The zero-order chi connectivity index (χ0) is 35.4. The van der Waals surface area contributed by atoms with Crippen LogP contribution in [0, 0.1) is 11.3 Å². The van der Waals surface area contributed by atoms with Gasteiger partial charge in [-0.3, -0.25) is 14.4 Å². The van der Waals surface area contributed by atoms with Gasteiger partial charge in [0.2, 0.25) is 17.6 Å². The molecule has 1 saturated heterocycles. The standard InChI is InChI=1S/C38H25Cl2N3O6S/c1-48-27-14-9-22(10-15-27)29-18-32(23-5-3-2-4-6-23)42-36(30(29)20-41)50-34-19-35(45)43(37(34)46)26-12-7-24(8-13-26)38(47)49-21-33(44)28-16-11-25(39)17-31(28)40/h2-18,34H,19,21H2,1H3. The van der Waals surface area contributed by atoms with Crippen LogP contribution >= 0.6 is 35.0 Å². The number of ketones is 1. The van der Waals surface area contributed by atoms with Crippen LogP contribution in [0.4, 0.5) is 5.69 Å². The van der Waals surface area contributed by atoms with Gasteiger partial charge < -0.3 is 9.47 Å². The lowest BCUT2D eigenvalue weighted by Crippen LogP contribution is -2.31. The summed E-state index contributed by atoms with van der Waals surface area (Å²) in [6.45, 7) is -0.547. The number of pyridine rings is 1. The molecule has 0 aliphatic carbocycles. The maximum Gasteiger partial charge on any atom is 0.338 e. The SMILES string of the molecule is COc1ccc(-c2cc(-c3ccccc3)nc(SC3CC(=O)N(c4ccc(C(=O)OCC(=O)c5ccc(Cl)cc5Cl)cc4)C3=O)c2C#N)cc1. The van der Waals surface area contributed by atoms with E-state index in [1.807, 2.05) is 48.5 Å². The monoisotopic (exact) mass is 721 g/mol. The van der Waals surface area contributed by atoms with Crippen LogP contribution in [0.1, 0.15) is 32.7 Å². The van der Waals surface area contributed by atoms with E-state index in [2.05, 4.69) is 6.07 Å². The second-order valence-corrected chi connectivity index (χ2v) is 13.0. The molecule has 1 aliphatic rings. The Hall–Kier alpha value is -5.47. The summed E-state index contributed by atoms with van der Waals surface area (Å²) in [6, 6.07) is 30.9. The molecule has 1 atom stereocenters. The van der Waals surface area contributed by atoms with Crippen molar-refractivity contribution in [3.63, 3.8) is 0 Å². The highest BCUT2D eigenvalue weighted by Crippen LogP contribution is 2.39. The van der Waals surface area contributed by atoms with Gasteiger partial charge >= 0.3 is 5.97 Å². The van der Waals surface area contributed by atoms with Crippen molar-refractivity contribution >= 4 is 64.2 Å². The Morgan fingerprint density at radius 3 is 2.32 bits per heavy atom. The minimum atomic E-state index is -0.854. The number of anilines is 1. The Kier molecular flexibility index (Phi) is 10.3. The van der Waals surface area contributed by atoms with Crippen molar-refractivity contribution in [3.8, 4) is 34.2 Å². The molecular formula is C38H25Cl2N3O6S. The lowest BCUT2D eigenvalue weighted by molar-refractivity contribution is -0.121. The summed E-state index contributed by atoms with van der Waals surface area (Å²) in [5, 5.41) is 10.3. The van der Waals surface area contributed by atoms with Crippen LogP contribution in [-0.2, 0) is 14.3 Å². The molecule has 1 unspecified atom stereocenters. The molecule has 0 bridgehead atoms. The minimum absolute atomic E-state index is 0.112. The highest BCUT2D eigenvalue weighted by molar-refractivity contribution is 8.00. The van der Waals surface area contributed by atoms with E-state index in [1.165, 1.54) is 42.5 Å². The number of amides is 2. The minimum Gasteiger partial charge on any atom is -0.497 e. The van der Waals surface area contributed by atoms with Gasteiger partial charge in [-0.15, -0.1) is 0 Å². The number of nitrogens with zero attached hydrogens (tertiary/aromatic N) is 3. The average molecular weight is 723 g/mol. The molecule has 0 N–H and O–H groups in total. The Morgan fingerprint density at radius 1 is 0.940 bits per heavy atom. The third-order valence-corrected chi connectivity index (χ3v) is 9.57. The van der Waals surface area contributed by atoms with Gasteiger partial charge in [0.1, 0.15) is 16.8 Å². The molecule has 0 radical (unpaired) electrons. The lowest BCUT2D eigenvalue weighted by Gasteiger charge is -2.16. The number of carbonyl (C=O) groups is 4. The van der Waals surface area contributed by atoms with Crippen molar-refractivity contribution in [1.82, 2.24) is 4.98 Å². The maximum atomic E-state index is 13.7. The van der Waals surface area contributed by atoms with Gasteiger partial charge in [0.05, 0.1) is 39.9 Å². The molecule has 0 saturated carbocycles. The number of methoxy groups -OCH3 is 1. The third-order valence-electron chi connectivity index (χ3n) is 7.85. The molecular weight excluding hydrogens is 697 g/mol. The number of halogens is 2. The van der Waals surface area contributed by atoms with Crippen LogP contribution in [0.15, 0.2) is 108 Å². The number of aromatic nitrogens is 1. The molecule has 4 aromatic carbocycles. The fraction of sp³-hybridized carbons (Fsp3) is 0.105. The number of thioether (sulfide) groups is 1. The summed E-state index contributed by atoms with van der Waals surface area (Å²) in [4.78, 5) is 57.9. The molecule has 12 heteroatoms. The van der Waals surface area contributed by atoms with E-state index in [9.17, 15) is 24.4 Å². The van der Waals surface area contributed by atoms with Crippen LogP contribution in [-0.4, -0.2) is 47.5 Å². The quantitative estimate of drug-likeness (QED) is 0.0799. The summed E-state index contributed by atoms with van der Waals surface area (Å²) < 4.78 is 10.5. The first kappa shape index (κ1) is 34.4. The van der Waals surface area contributed by atoms with Gasteiger partial charge in [0.15, 0.2) is 6.61 Å². The Bertz CT molecular complexity index is 2170. The molecule has 1 aromatic heterocycles. The van der Waals surface area contributed by atoms with Gasteiger partial charge in [-0.1, -0.05) is 77.4 Å². The second-order valence-electron chi connectivity index (χ2n) is 11.0. The van der Waals surface area contributed by atoms with E-state index in [0.717, 1.165) is 27.8 Å². The van der Waals surface area contributed by atoms with E-state index in [0.29, 0.717) is 27.1 Å². The van der Waals surface area contributed by atoms with E-state index in [-0.39, 0.29) is 33.8 Å². The first-order chi connectivity index (χ1) is 24.2. The Balaban J connectivity index is 1.21. The number of esters is 1. The summed E-state index contributed by atoms with van der Waals surface area (Å²) in [6.07, 6.45) is -0.122. The van der Waals surface area contributed by atoms with E-state index < -0.39 is 35.4 Å². The predicted octanol–water partition coefficient (Wildman–Crippen LogP) is 8.07. The number of hydrogen-bond donors (Lipinski definition) is 0. The van der Waals surface area contributed by atoms with Crippen LogP contribution in [0.5, 0.6) is 5.75 Å². The molecule has 9 nitrogen and oxygen atoms in total. The highest BCUT2D eigenvalue weighted by atomic mass is 35.5. The number of benzene rings is 4. The van der Waals surface area contributed by atoms with Crippen molar-refractivity contribution in [3.05, 3.63) is 130 Å². The van der Waals surface area contributed by atoms with Crippen LogP contribution < -0.4 is 9.64 Å². The van der Waals surface area contributed by atoms with Crippen molar-refractivity contribution in [2.75, 3.05) is 18.6 Å². The number of ether oxygens (including phenoxy) is 2. The molecule has 2 amide bonds. The van der Waals surface area contributed by atoms with Crippen molar-refractivity contribution in [2.45, 2.75) is 16.7 Å². The van der Waals surface area contributed by atoms with Gasteiger partial charge in [0, 0.05) is 28.1 Å². The first-order valence-electron chi connectivity index (χ1n) is 15.1. The molecule has 0 spiro atoms. The van der Waals surface area contributed by atoms with E-state index in [1.54, 1.807) is 19.2 Å². The van der Waals surface area contributed by atoms with Gasteiger partial charge in [-0.2, -0.15) is 5.26 Å². The fourth-order valence-electron chi connectivity index (χ4n) is 5.33. The normalized spacial score (nSPS) is 14.0. The number of carbonyl (C=O) groups excluding carboxylic acids is 4. The van der Waals surface area contributed by atoms with Crippen molar-refractivity contribution in [1.29, 1.82) is 5.26 Å². The van der Waals surface area contributed by atoms with Crippen LogP contribution in [0.25, 0.3) is 22.4 Å². The smallest absolute Gasteiger partial charge is 0.338 e. The molecule has 5 aromatic rings. The Morgan fingerprint density at radius 2 is 1.66 bits per heavy atom. The zero-order valence-electron chi connectivity index (χ0n) is 26.3. The molecule has 248 valence electrons. The molecule has 2 heterocycles. The number of hydrogen-bond acceptors (Lipinski definition) is 9. The first-order valence-corrected chi connectivity index (χ1v) is 16.7. The Labute approximate surface area is 301 Å². The number of rotatable bonds is 10. The highest BCUT2D eigenvalue weighted by Gasteiger charge is 2.41. The van der Waals surface area contributed by atoms with Crippen LogP contribution in [0.3, 0.4) is 0 Å². The number of imide groups is 1. The zero-order valence-corrected chi connectivity index (χ0v) is 28.6. The molecule has 6 rings (SSSR count). The summed E-state index contributed by atoms with van der Waals surface area (Å²) in [5.41, 5.74) is 3.62. The largest absolute Gasteiger partial charge is 0.497 e. The predicted molar refractivity (Wildman–Crippen MR) is 191 cm³/mol. The molecule has 50 heavy (non-hydrogen) atoms. The van der Waals surface area contributed by atoms with Gasteiger partial charge in [0.25, 0.3) is 0 Å². The summed E-state index contributed by atoms with van der Waals surface area (Å²) in [5.74, 6) is -1.55. The van der Waals surface area contributed by atoms with Crippen molar-refractivity contribution in [2.24, 2.45) is 0 Å². The van der Waals surface area contributed by atoms with Crippen molar-refractivity contribution < 1.29 is 28.7 Å². The van der Waals surface area contributed by atoms with E-state index >= 15 is 0 Å². The topological polar surface area (TPSA) is 127 Å². The summed E-state index contributed by atoms with van der Waals surface area (Å²) in [7, 11) is 1.57. The molecule has 1 aliphatic heterocycles. The number of Topliss-reactive ketones (excluding diaryl/α,β-unsaturated/α-hetero) is 1. The van der Waals surface area contributed by atoms with Gasteiger partial charge in [-0.25, -0.2) is 14.7 Å². The fourth-order valence-corrected chi connectivity index (χ4v) is 6.97. The van der Waals surface area contributed by atoms with Gasteiger partial charge in [-0.05, 0) is 66.2 Å². The van der Waals surface area contributed by atoms with E-state index in [4.69, 9.17) is 37.7 Å². The average Bonchev–Trinajstić information content (AvgIpc) is 3.41. The lowest BCUT2D eigenvalue weighted by atomic mass is 9.99. The third kappa shape index (κ3) is 7.26. The summed E-state index contributed by atoms with van der Waals surface area (Å²) >= 11 is 13.0. The molecule has 1 fully saturated rings. The van der Waals surface area contributed by atoms with Crippen LogP contribution in [0.2, 0.25) is 10.0 Å².